The number of nitrogens with two attached hydrogens (primary N) is 2. The number of esters is 2. The number of rotatable bonds is 8. The first kappa shape index (κ1) is 25.2. The van der Waals surface area contributed by atoms with Gasteiger partial charge in [-0.3, -0.25) is 11.5 Å². The molecular weight excluding hydrogens is 456 g/mol. The third-order valence-corrected chi connectivity index (χ3v) is 6.05. The van der Waals surface area contributed by atoms with Crippen LogP contribution in [0, 0.1) is 13.8 Å². The lowest BCUT2D eigenvalue weighted by molar-refractivity contribution is -0.155. The summed E-state index contributed by atoms with van der Waals surface area (Å²) in [5.74, 6) is -1.51. The van der Waals surface area contributed by atoms with Gasteiger partial charge in [0.1, 0.15) is 0 Å². The Bertz CT molecular complexity index is 1350. The first-order valence-electron chi connectivity index (χ1n) is 11.7. The number of carbonyl (C=O) groups is 2. The van der Waals surface area contributed by atoms with Crippen molar-refractivity contribution in [3.05, 3.63) is 84.2 Å². The summed E-state index contributed by atoms with van der Waals surface area (Å²) in [7, 11) is 0. The summed E-state index contributed by atoms with van der Waals surface area (Å²) in [6, 6.07) is 16.0. The zero-order valence-corrected chi connectivity index (χ0v) is 21.0. The van der Waals surface area contributed by atoms with Crippen LogP contribution in [0.15, 0.2) is 73.1 Å². The van der Waals surface area contributed by atoms with Crippen molar-refractivity contribution in [3.8, 4) is 0 Å². The van der Waals surface area contributed by atoms with Crippen LogP contribution >= 0.6 is 0 Å². The molecule has 4 rings (SSSR count). The first-order valence-corrected chi connectivity index (χ1v) is 11.7. The Balaban J connectivity index is 1.34. The van der Waals surface area contributed by atoms with Gasteiger partial charge in [-0.1, -0.05) is 24.3 Å². The number of carbonyl (C=O) groups excluding carboxylic acids is 2. The molecule has 0 saturated heterocycles. The van der Waals surface area contributed by atoms with Gasteiger partial charge < -0.3 is 18.6 Å². The highest BCUT2D eigenvalue weighted by atomic mass is 16.6. The van der Waals surface area contributed by atoms with Crippen LogP contribution in [0.1, 0.15) is 25.0 Å². The van der Waals surface area contributed by atoms with Crippen LogP contribution in [0.5, 0.6) is 0 Å². The van der Waals surface area contributed by atoms with Gasteiger partial charge in [-0.05, 0) is 63.1 Å². The minimum Gasteiger partial charge on any atom is -0.439 e. The minimum atomic E-state index is -1.29. The number of hydrogen-bond acceptors (Lipinski definition) is 6. The monoisotopic (exact) mass is 488 g/mol. The van der Waals surface area contributed by atoms with Crippen molar-refractivity contribution in [1.29, 1.82) is 0 Å². The second-order valence-electron chi connectivity index (χ2n) is 9.70. The van der Waals surface area contributed by atoms with E-state index in [9.17, 15) is 9.59 Å². The van der Waals surface area contributed by atoms with Gasteiger partial charge in [0.05, 0.1) is 13.1 Å². The van der Waals surface area contributed by atoms with Crippen LogP contribution in [0.3, 0.4) is 0 Å². The van der Waals surface area contributed by atoms with Crippen LogP contribution in [0.2, 0.25) is 0 Å². The molecule has 0 aliphatic heterocycles. The quantitative estimate of drug-likeness (QED) is 0.221. The fraction of sp³-hybridized carbons (Fsp3) is 0.286. The van der Waals surface area contributed by atoms with E-state index in [0.29, 0.717) is 0 Å². The maximum absolute atomic E-state index is 12.4. The molecule has 8 nitrogen and oxygen atoms in total. The molecule has 2 atom stereocenters. The highest BCUT2D eigenvalue weighted by Gasteiger charge is 2.26. The SMILES string of the molecule is Cc1cccc2c1ccn2C[C@@](C)(N)OC(=O)/C=C/C(=O)O[C@](C)(N)Cn1ccc2c(C)cccc21. The van der Waals surface area contributed by atoms with Crippen LogP contribution in [0.4, 0.5) is 0 Å². The van der Waals surface area contributed by atoms with E-state index in [1.807, 2.05) is 83.9 Å². The van der Waals surface area contributed by atoms with Gasteiger partial charge in [-0.2, -0.15) is 0 Å². The summed E-state index contributed by atoms with van der Waals surface area (Å²) in [5.41, 5.74) is 14.2. The summed E-state index contributed by atoms with van der Waals surface area (Å²) >= 11 is 0. The molecule has 4 aromatic rings. The third kappa shape index (κ3) is 5.67. The fourth-order valence-corrected chi connectivity index (χ4v) is 4.44. The molecule has 36 heavy (non-hydrogen) atoms. The van der Waals surface area contributed by atoms with Gasteiger partial charge >= 0.3 is 11.9 Å². The smallest absolute Gasteiger partial charge is 0.332 e. The van der Waals surface area contributed by atoms with E-state index >= 15 is 0 Å². The summed E-state index contributed by atoms with van der Waals surface area (Å²) in [4.78, 5) is 24.7. The molecule has 0 bridgehead atoms. The Kier molecular flexibility index (Phi) is 6.75. The highest BCUT2D eigenvalue weighted by molar-refractivity contribution is 5.92. The molecule has 188 valence electrons. The van der Waals surface area contributed by atoms with E-state index in [4.69, 9.17) is 20.9 Å². The van der Waals surface area contributed by atoms with Crippen molar-refractivity contribution in [1.82, 2.24) is 9.13 Å². The average Bonchev–Trinajstić information content (AvgIpc) is 3.37. The maximum Gasteiger partial charge on any atom is 0.332 e. The maximum atomic E-state index is 12.4. The van der Waals surface area contributed by atoms with Crippen LogP contribution < -0.4 is 11.5 Å². The van der Waals surface area contributed by atoms with Crippen molar-refractivity contribution < 1.29 is 19.1 Å². The molecule has 8 heteroatoms. The molecule has 4 N–H and O–H groups in total. The molecule has 0 saturated carbocycles. The lowest BCUT2D eigenvalue weighted by atomic mass is 10.1. The highest BCUT2D eigenvalue weighted by Crippen LogP contribution is 2.23. The zero-order chi connectivity index (χ0) is 26.1. The first-order chi connectivity index (χ1) is 16.9. The van der Waals surface area contributed by atoms with Gasteiger partial charge in [0, 0.05) is 46.4 Å². The number of hydrogen-bond donors (Lipinski definition) is 2. The molecule has 0 unspecified atom stereocenters. The van der Waals surface area contributed by atoms with E-state index < -0.39 is 23.4 Å². The predicted molar refractivity (Wildman–Crippen MR) is 140 cm³/mol. The van der Waals surface area contributed by atoms with Crippen molar-refractivity contribution in [2.45, 2.75) is 52.2 Å². The number of aromatic nitrogens is 2. The number of aryl methyl sites for hydroxylation is 2. The predicted octanol–water partition coefficient (Wildman–Crippen LogP) is 3.91. The van der Waals surface area contributed by atoms with Gasteiger partial charge in [-0.15, -0.1) is 0 Å². The van der Waals surface area contributed by atoms with Crippen LogP contribution in [0.25, 0.3) is 21.8 Å². The van der Waals surface area contributed by atoms with E-state index in [1.165, 1.54) is 0 Å². The van der Waals surface area contributed by atoms with Gasteiger partial charge in [0.15, 0.2) is 11.4 Å². The normalized spacial score (nSPS) is 15.2. The second kappa shape index (κ2) is 9.64. The summed E-state index contributed by atoms with van der Waals surface area (Å²) < 4.78 is 14.7. The number of ether oxygens (including phenoxy) is 2. The average molecular weight is 489 g/mol. The summed E-state index contributed by atoms with van der Waals surface area (Å²) in [6.45, 7) is 7.78. The van der Waals surface area contributed by atoms with E-state index in [1.54, 1.807) is 13.8 Å². The Morgan fingerprint density at radius 1 is 0.750 bits per heavy atom. The largest absolute Gasteiger partial charge is 0.439 e. The molecule has 0 radical (unpaired) electrons. The summed E-state index contributed by atoms with van der Waals surface area (Å²) in [6.07, 6.45) is 5.80. The number of nitrogens with zero attached hydrogens (tertiary/aromatic N) is 2. The number of fused-ring (bicyclic) bond motifs is 2. The Hall–Kier alpha value is -3.88. The zero-order valence-electron chi connectivity index (χ0n) is 21.0. The van der Waals surface area contributed by atoms with E-state index in [2.05, 4.69) is 0 Å². The van der Waals surface area contributed by atoms with E-state index in [-0.39, 0.29) is 13.1 Å². The molecule has 0 aliphatic carbocycles. The van der Waals surface area contributed by atoms with Crippen molar-refractivity contribution in [2.24, 2.45) is 11.5 Å². The topological polar surface area (TPSA) is 114 Å². The van der Waals surface area contributed by atoms with E-state index in [0.717, 1.165) is 45.1 Å². The molecule has 2 aromatic heterocycles. The van der Waals surface area contributed by atoms with Gasteiger partial charge in [0.2, 0.25) is 0 Å². The van der Waals surface area contributed by atoms with Crippen molar-refractivity contribution >= 4 is 33.7 Å². The third-order valence-electron chi connectivity index (χ3n) is 6.05. The van der Waals surface area contributed by atoms with Crippen molar-refractivity contribution in [3.63, 3.8) is 0 Å². The second-order valence-corrected chi connectivity index (χ2v) is 9.70. The van der Waals surface area contributed by atoms with Crippen molar-refractivity contribution in [2.75, 3.05) is 0 Å². The van der Waals surface area contributed by atoms with Crippen LogP contribution in [-0.2, 0) is 32.2 Å². The Labute approximate surface area is 210 Å². The molecule has 2 heterocycles. The molecule has 0 aliphatic rings. The minimum absolute atomic E-state index is 0.245. The van der Waals surface area contributed by atoms with Gasteiger partial charge in [-0.25, -0.2) is 9.59 Å². The molecule has 0 spiro atoms. The Morgan fingerprint density at radius 3 is 1.53 bits per heavy atom. The lowest BCUT2D eigenvalue weighted by Gasteiger charge is -2.26. The van der Waals surface area contributed by atoms with Gasteiger partial charge in [0.25, 0.3) is 0 Å². The number of benzene rings is 2. The fourth-order valence-electron chi connectivity index (χ4n) is 4.44. The lowest BCUT2D eigenvalue weighted by Crippen LogP contribution is -2.45. The molecule has 2 aromatic carbocycles. The summed E-state index contributed by atoms with van der Waals surface area (Å²) in [5, 5.41) is 2.21. The standard InChI is InChI=1S/C28H32N4O4/c1-19-7-5-9-23-21(19)13-15-31(23)17-27(3,29)35-25(33)11-12-26(34)36-28(4,30)18-32-16-14-22-20(2)8-6-10-24(22)32/h5-16H,17-18,29-30H2,1-4H3/b12-11+/t27-,28-/m0/s1. The molecule has 0 amide bonds. The molecular formula is C28H32N4O4. The van der Waals surface area contributed by atoms with Crippen LogP contribution in [-0.4, -0.2) is 32.5 Å². The Morgan fingerprint density at radius 2 is 1.14 bits per heavy atom. The molecule has 0 fully saturated rings.